The molecule has 0 radical (unpaired) electrons. The van der Waals surface area contributed by atoms with Gasteiger partial charge in [0, 0.05) is 34.7 Å². The normalized spacial score (nSPS) is 10.0. The summed E-state index contributed by atoms with van der Waals surface area (Å²) < 4.78 is 0. The number of aryl methyl sites for hydroxylation is 1. The van der Waals surface area contributed by atoms with E-state index in [4.69, 9.17) is 0 Å². The van der Waals surface area contributed by atoms with E-state index in [2.05, 4.69) is 52.9 Å². The second kappa shape index (κ2) is 10.0. The molecule has 4 heteroatoms. The fourth-order valence-corrected chi connectivity index (χ4v) is 2.21. The van der Waals surface area contributed by atoms with Crippen molar-refractivity contribution in [2.45, 2.75) is 32.6 Å². The zero-order valence-electron chi connectivity index (χ0n) is 14.3. The van der Waals surface area contributed by atoms with Crippen molar-refractivity contribution in [3.63, 3.8) is 0 Å². The first kappa shape index (κ1) is 20.2. The summed E-state index contributed by atoms with van der Waals surface area (Å²) in [6, 6.07) is 8.98. The van der Waals surface area contributed by atoms with Crippen molar-refractivity contribution in [3.05, 3.63) is 35.4 Å². The molecule has 0 aliphatic carbocycles. The third-order valence-electron chi connectivity index (χ3n) is 3.32. The van der Waals surface area contributed by atoms with E-state index in [1.165, 1.54) is 11.1 Å². The summed E-state index contributed by atoms with van der Waals surface area (Å²) in [7, 11) is 8.12. The first-order valence-electron chi connectivity index (χ1n) is 7.39. The average molecular weight is 403 g/mol. The van der Waals surface area contributed by atoms with Crippen LogP contribution in [0.2, 0.25) is 0 Å². The van der Waals surface area contributed by atoms with Crippen LogP contribution in [0, 0.1) is 0 Å². The van der Waals surface area contributed by atoms with Crippen LogP contribution in [-0.2, 0) is 6.42 Å². The lowest BCUT2D eigenvalue weighted by molar-refractivity contribution is 0.479. The predicted octanol–water partition coefficient (Wildman–Crippen LogP) is 3.84. The Morgan fingerprint density at radius 2 is 1.52 bits per heavy atom. The summed E-state index contributed by atoms with van der Waals surface area (Å²) in [4.78, 5) is 8.76. The van der Waals surface area contributed by atoms with Crippen LogP contribution in [0.1, 0.15) is 37.3 Å². The highest BCUT2D eigenvalue weighted by molar-refractivity contribution is 14.0. The number of nitrogens with zero attached hydrogens (tertiary/aromatic N) is 3. The van der Waals surface area contributed by atoms with E-state index in [1.807, 2.05) is 28.2 Å². The second-order valence-corrected chi connectivity index (χ2v) is 5.97. The molecule has 0 aromatic heterocycles. The lowest BCUT2D eigenvalue weighted by Gasteiger charge is -2.22. The molecule has 0 spiro atoms. The average Bonchev–Trinajstić information content (AvgIpc) is 2.38. The molecule has 0 N–H and O–H groups in total. The molecule has 1 aromatic carbocycles. The highest BCUT2D eigenvalue weighted by Gasteiger charge is 2.03. The molecule has 1 aromatic rings. The minimum absolute atomic E-state index is 0. The first-order valence-corrected chi connectivity index (χ1v) is 7.39. The van der Waals surface area contributed by atoms with Crippen molar-refractivity contribution in [1.82, 2.24) is 9.80 Å². The fraction of sp³-hybridized carbons (Fsp3) is 0.588. The number of guanidine groups is 1. The summed E-state index contributed by atoms with van der Waals surface area (Å²) in [6.45, 7) is 5.33. The lowest BCUT2D eigenvalue weighted by atomic mass is 10.0. The van der Waals surface area contributed by atoms with Crippen LogP contribution >= 0.6 is 24.0 Å². The molecular formula is C17H30IN3. The smallest absolute Gasteiger partial charge is 0.195 e. The third-order valence-corrected chi connectivity index (χ3v) is 3.32. The minimum Gasteiger partial charge on any atom is -0.349 e. The maximum Gasteiger partial charge on any atom is 0.195 e. The van der Waals surface area contributed by atoms with Gasteiger partial charge in [0.25, 0.3) is 0 Å². The van der Waals surface area contributed by atoms with Gasteiger partial charge >= 0.3 is 0 Å². The molecule has 3 nitrogen and oxygen atoms in total. The van der Waals surface area contributed by atoms with Gasteiger partial charge in [-0.15, -0.1) is 24.0 Å². The van der Waals surface area contributed by atoms with E-state index in [1.54, 1.807) is 0 Å². The molecule has 0 aliphatic heterocycles. The van der Waals surface area contributed by atoms with Crippen LogP contribution in [0.15, 0.2) is 29.3 Å². The van der Waals surface area contributed by atoms with Gasteiger partial charge in [-0.2, -0.15) is 0 Å². The number of hydrogen-bond acceptors (Lipinski definition) is 1. The maximum atomic E-state index is 4.65. The Morgan fingerprint density at radius 3 is 1.95 bits per heavy atom. The molecule has 0 aliphatic rings. The molecule has 0 fully saturated rings. The van der Waals surface area contributed by atoms with Crippen LogP contribution in [0.3, 0.4) is 0 Å². The van der Waals surface area contributed by atoms with Crippen molar-refractivity contribution in [1.29, 1.82) is 0 Å². The van der Waals surface area contributed by atoms with Crippen molar-refractivity contribution < 1.29 is 0 Å². The van der Waals surface area contributed by atoms with E-state index >= 15 is 0 Å². The number of rotatable bonds is 5. The predicted molar refractivity (Wildman–Crippen MR) is 104 cm³/mol. The van der Waals surface area contributed by atoms with E-state index in [9.17, 15) is 0 Å². The summed E-state index contributed by atoms with van der Waals surface area (Å²) in [5.74, 6) is 1.64. The zero-order valence-corrected chi connectivity index (χ0v) is 16.6. The molecule has 120 valence electrons. The van der Waals surface area contributed by atoms with E-state index in [0.29, 0.717) is 5.92 Å². The summed E-state index contributed by atoms with van der Waals surface area (Å²) in [5, 5.41) is 0. The highest BCUT2D eigenvalue weighted by atomic mass is 127. The van der Waals surface area contributed by atoms with Gasteiger partial charge in [0.1, 0.15) is 0 Å². The molecule has 0 amide bonds. The van der Waals surface area contributed by atoms with Crippen LogP contribution < -0.4 is 0 Å². The number of benzene rings is 1. The zero-order chi connectivity index (χ0) is 15.1. The van der Waals surface area contributed by atoms with Gasteiger partial charge in [0.2, 0.25) is 0 Å². The van der Waals surface area contributed by atoms with Gasteiger partial charge in [-0.05, 0) is 29.9 Å². The summed E-state index contributed by atoms with van der Waals surface area (Å²) >= 11 is 0. The molecule has 21 heavy (non-hydrogen) atoms. The minimum atomic E-state index is 0. The van der Waals surface area contributed by atoms with Crippen LogP contribution in [0.25, 0.3) is 0 Å². The van der Waals surface area contributed by atoms with Gasteiger partial charge in [0.05, 0.1) is 0 Å². The first-order chi connectivity index (χ1) is 9.41. The Labute approximate surface area is 147 Å². The van der Waals surface area contributed by atoms with Crippen molar-refractivity contribution in [2.75, 3.05) is 34.7 Å². The highest BCUT2D eigenvalue weighted by Crippen LogP contribution is 2.15. The van der Waals surface area contributed by atoms with Crippen LogP contribution in [-0.4, -0.2) is 50.5 Å². The van der Waals surface area contributed by atoms with Crippen LogP contribution in [0.5, 0.6) is 0 Å². The Kier molecular flexibility index (Phi) is 9.66. The van der Waals surface area contributed by atoms with Gasteiger partial charge in [0.15, 0.2) is 5.96 Å². The maximum absolute atomic E-state index is 4.65. The largest absolute Gasteiger partial charge is 0.349 e. The Hall–Kier alpha value is -0.780. The monoisotopic (exact) mass is 403 g/mol. The molecule has 0 saturated carbocycles. The molecule has 0 atom stereocenters. The van der Waals surface area contributed by atoms with E-state index in [-0.39, 0.29) is 24.0 Å². The van der Waals surface area contributed by atoms with E-state index < -0.39 is 0 Å². The Bertz CT molecular complexity index is 412. The molecule has 0 saturated heterocycles. The van der Waals surface area contributed by atoms with E-state index in [0.717, 1.165) is 25.3 Å². The van der Waals surface area contributed by atoms with Gasteiger partial charge in [-0.3, -0.25) is 4.99 Å². The number of aliphatic imine (C=N–C) groups is 1. The topological polar surface area (TPSA) is 18.8 Å². The van der Waals surface area contributed by atoms with Gasteiger partial charge in [-0.1, -0.05) is 38.1 Å². The molecule has 0 unspecified atom stereocenters. The third kappa shape index (κ3) is 7.16. The molecular weight excluding hydrogens is 373 g/mol. The SMILES string of the molecule is CC(C)c1ccc(CCCN=C(N(C)C)N(C)C)cc1.I. The van der Waals surface area contributed by atoms with Crippen LogP contribution in [0.4, 0.5) is 0 Å². The lowest BCUT2D eigenvalue weighted by Crippen LogP contribution is -2.35. The quantitative estimate of drug-likeness (QED) is 0.322. The van der Waals surface area contributed by atoms with Gasteiger partial charge < -0.3 is 9.80 Å². The summed E-state index contributed by atoms with van der Waals surface area (Å²) in [5.41, 5.74) is 2.81. The number of hydrogen-bond donors (Lipinski definition) is 0. The molecule has 0 heterocycles. The standard InChI is InChI=1S/C17H29N3.HI/c1-14(2)16-11-9-15(10-12-16)8-7-13-18-17(19(3)4)20(5)6;/h9-12,14H,7-8,13H2,1-6H3;1H. The Balaban J connectivity index is 0.00000400. The Morgan fingerprint density at radius 1 is 1.00 bits per heavy atom. The summed E-state index contributed by atoms with van der Waals surface area (Å²) in [6.07, 6.45) is 2.18. The second-order valence-electron chi connectivity index (χ2n) is 5.97. The van der Waals surface area contributed by atoms with Crippen molar-refractivity contribution in [3.8, 4) is 0 Å². The van der Waals surface area contributed by atoms with Crippen molar-refractivity contribution >= 4 is 29.9 Å². The van der Waals surface area contributed by atoms with Gasteiger partial charge in [-0.25, -0.2) is 0 Å². The van der Waals surface area contributed by atoms with Crippen molar-refractivity contribution in [2.24, 2.45) is 4.99 Å². The number of halogens is 1. The molecule has 0 bridgehead atoms. The molecule has 1 rings (SSSR count). The fourth-order valence-electron chi connectivity index (χ4n) is 2.21.